The van der Waals surface area contributed by atoms with Gasteiger partial charge < -0.3 is 11.1 Å². The SMILES string of the molecule is Cc1[nH]ncc1CCCN=C(N)NC(C)(C)C. The second kappa shape index (κ2) is 5.70. The number of aromatic amines is 1. The van der Waals surface area contributed by atoms with Crippen LogP contribution in [-0.4, -0.2) is 28.2 Å². The van der Waals surface area contributed by atoms with Gasteiger partial charge in [0.25, 0.3) is 0 Å². The van der Waals surface area contributed by atoms with Crippen LogP contribution in [0.5, 0.6) is 0 Å². The number of nitrogens with one attached hydrogen (secondary N) is 2. The van der Waals surface area contributed by atoms with E-state index in [1.165, 1.54) is 5.56 Å². The molecular formula is C12H23N5. The van der Waals surface area contributed by atoms with Crippen molar-refractivity contribution < 1.29 is 0 Å². The van der Waals surface area contributed by atoms with Crippen molar-refractivity contribution in [1.82, 2.24) is 15.5 Å². The van der Waals surface area contributed by atoms with Gasteiger partial charge >= 0.3 is 0 Å². The minimum Gasteiger partial charge on any atom is -0.370 e. The van der Waals surface area contributed by atoms with Crippen molar-refractivity contribution in [2.45, 2.75) is 46.1 Å². The maximum atomic E-state index is 5.77. The van der Waals surface area contributed by atoms with Crippen LogP contribution in [-0.2, 0) is 6.42 Å². The Balaban J connectivity index is 2.28. The van der Waals surface area contributed by atoms with E-state index in [1.807, 2.05) is 13.1 Å². The summed E-state index contributed by atoms with van der Waals surface area (Å²) in [5, 5.41) is 10.0. The summed E-state index contributed by atoms with van der Waals surface area (Å²) in [4.78, 5) is 4.29. The lowest BCUT2D eigenvalue weighted by Gasteiger charge is -2.20. The number of hydrogen-bond donors (Lipinski definition) is 3. The van der Waals surface area contributed by atoms with E-state index in [9.17, 15) is 0 Å². The lowest BCUT2D eigenvalue weighted by Crippen LogP contribution is -2.45. The van der Waals surface area contributed by atoms with Crippen LogP contribution < -0.4 is 11.1 Å². The third-order valence-electron chi connectivity index (χ3n) is 2.32. The van der Waals surface area contributed by atoms with Crippen molar-refractivity contribution in [3.05, 3.63) is 17.5 Å². The number of aromatic nitrogens is 2. The zero-order valence-corrected chi connectivity index (χ0v) is 11.2. The van der Waals surface area contributed by atoms with Gasteiger partial charge in [0, 0.05) is 17.8 Å². The van der Waals surface area contributed by atoms with Gasteiger partial charge in [-0.3, -0.25) is 10.1 Å². The van der Waals surface area contributed by atoms with Crippen LogP contribution in [0.2, 0.25) is 0 Å². The Kier molecular flexibility index (Phi) is 4.54. The predicted molar refractivity (Wildman–Crippen MR) is 71.0 cm³/mol. The Morgan fingerprint density at radius 1 is 1.53 bits per heavy atom. The van der Waals surface area contributed by atoms with Gasteiger partial charge in [-0.1, -0.05) is 0 Å². The fraction of sp³-hybridized carbons (Fsp3) is 0.667. The number of rotatable bonds is 4. The molecule has 0 saturated carbocycles. The Labute approximate surface area is 103 Å². The van der Waals surface area contributed by atoms with Crippen LogP contribution in [0.3, 0.4) is 0 Å². The van der Waals surface area contributed by atoms with Gasteiger partial charge in [0.15, 0.2) is 5.96 Å². The third kappa shape index (κ3) is 5.38. The van der Waals surface area contributed by atoms with Crippen LogP contribution in [0, 0.1) is 6.92 Å². The lowest BCUT2D eigenvalue weighted by molar-refractivity contribution is 0.508. The van der Waals surface area contributed by atoms with Gasteiger partial charge in [-0.05, 0) is 46.1 Å². The number of guanidine groups is 1. The van der Waals surface area contributed by atoms with E-state index in [4.69, 9.17) is 5.73 Å². The summed E-state index contributed by atoms with van der Waals surface area (Å²) < 4.78 is 0. The normalized spacial score (nSPS) is 12.8. The molecule has 0 aliphatic rings. The molecular weight excluding hydrogens is 214 g/mol. The molecule has 17 heavy (non-hydrogen) atoms. The third-order valence-corrected chi connectivity index (χ3v) is 2.32. The number of aryl methyl sites for hydroxylation is 2. The monoisotopic (exact) mass is 237 g/mol. The summed E-state index contributed by atoms with van der Waals surface area (Å²) in [5.41, 5.74) is 8.12. The van der Waals surface area contributed by atoms with Crippen molar-refractivity contribution >= 4 is 5.96 Å². The topological polar surface area (TPSA) is 79.1 Å². The summed E-state index contributed by atoms with van der Waals surface area (Å²) in [6.07, 6.45) is 3.83. The van der Waals surface area contributed by atoms with E-state index in [0.29, 0.717) is 5.96 Å². The molecule has 96 valence electrons. The van der Waals surface area contributed by atoms with E-state index >= 15 is 0 Å². The highest BCUT2D eigenvalue weighted by Gasteiger charge is 2.09. The molecule has 0 unspecified atom stereocenters. The molecule has 0 saturated heterocycles. The van der Waals surface area contributed by atoms with Crippen molar-refractivity contribution in [3.63, 3.8) is 0 Å². The molecule has 0 aliphatic heterocycles. The number of aliphatic imine (C=N–C) groups is 1. The highest BCUT2D eigenvalue weighted by Crippen LogP contribution is 2.05. The average Bonchev–Trinajstić information content (AvgIpc) is 2.56. The molecule has 4 N–H and O–H groups in total. The highest BCUT2D eigenvalue weighted by molar-refractivity contribution is 5.78. The first kappa shape index (κ1) is 13.5. The van der Waals surface area contributed by atoms with Gasteiger partial charge in [0.05, 0.1) is 6.20 Å². The van der Waals surface area contributed by atoms with E-state index in [2.05, 4.69) is 41.3 Å². The van der Waals surface area contributed by atoms with E-state index in [1.54, 1.807) is 0 Å². The fourth-order valence-electron chi connectivity index (χ4n) is 1.52. The molecule has 1 rings (SSSR count). The average molecular weight is 237 g/mol. The molecule has 1 heterocycles. The molecule has 0 spiro atoms. The maximum absolute atomic E-state index is 5.77. The van der Waals surface area contributed by atoms with Gasteiger partial charge in [0.2, 0.25) is 0 Å². The van der Waals surface area contributed by atoms with Gasteiger partial charge in [-0.15, -0.1) is 0 Å². The lowest BCUT2D eigenvalue weighted by atomic mass is 10.1. The predicted octanol–water partition coefficient (Wildman–Crippen LogP) is 1.35. The minimum absolute atomic E-state index is 0.0330. The molecule has 0 aromatic carbocycles. The Morgan fingerprint density at radius 2 is 2.24 bits per heavy atom. The van der Waals surface area contributed by atoms with E-state index < -0.39 is 0 Å². The second-order valence-corrected chi connectivity index (χ2v) is 5.27. The molecule has 1 aromatic heterocycles. The first-order valence-electron chi connectivity index (χ1n) is 5.95. The fourth-order valence-corrected chi connectivity index (χ4v) is 1.52. The zero-order valence-electron chi connectivity index (χ0n) is 11.2. The standard InChI is InChI=1S/C12H23N5/c1-9-10(8-15-17-9)6-5-7-14-11(13)16-12(2,3)4/h8H,5-7H2,1-4H3,(H,15,17)(H3,13,14,16). The van der Waals surface area contributed by atoms with Gasteiger partial charge in [-0.2, -0.15) is 5.10 Å². The van der Waals surface area contributed by atoms with Crippen LogP contribution >= 0.6 is 0 Å². The van der Waals surface area contributed by atoms with Gasteiger partial charge in [0.1, 0.15) is 0 Å². The van der Waals surface area contributed by atoms with Crippen molar-refractivity contribution in [2.24, 2.45) is 10.7 Å². The summed E-state index contributed by atoms with van der Waals surface area (Å²) >= 11 is 0. The van der Waals surface area contributed by atoms with Gasteiger partial charge in [-0.25, -0.2) is 0 Å². The summed E-state index contributed by atoms with van der Waals surface area (Å²) in [6.45, 7) is 8.94. The number of H-pyrrole nitrogens is 1. The summed E-state index contributed by atoms with van der Waals surface area (Å²) in [7, 11) is 0. The van der Waals surface area contributed by atoms with Crippen LogP contribution in [0.15, 0.2) is 11.2 Å². The molecule has 0 amide bonds. The molecule has 0 atom stereocenters. The summed E-state index contributed by atoms with van der Waals surface area (Å²) in [5.74, 6) is 0.515. The molecule has 5 heteroatoms. The number of nitrogens with two attached hydrogens (primary N) is 1. The van der Waals surface area contributed by atoms with Crippen molar-refractivity contribution in [3.8, 4) is 0 Å². The summed E-state index contributed by atoms with van der Waals surface area (Å²) in [6, 6.07) is 0. The van der Waals surface area contributed by atoms with E-state index in [-0.39, 0.29) is 5.54 Å². The Morgan fingerprint density at radius 3 is 2.76 bits per heavy atom. The smallest absolute Gasteiger partial charge is 0.188 e. The highest BCUT2D eigenvalue weighted by atomic mass is 15.1. The first-order valence-corrected chi connectivity index (χ1v) is 5.95. The molecule has 0 fully saturated rings. The number of nitrogens with zero attached hydrogens (tertiary/aromatic N) is 2. The van der Waals surface area contributed by atoms with Crippen LogP contribution in [0.25, 0.3) is 0 Å². The molecule has 1 aromatic rings. The Bertz CT molecular complexity index is 372. The quantitative estimate of drug-likeness (QED) is 0.420. The molecule has 0 aliphatic carbocycles. The minimum atomic E-state index is -0.0330. The molecule has 0 radical (unpaired) electrons. The first-order chi connectivity index (χ1) is 7.88. The van der Waals surface area contributed by atoms with Crippen molar-refractivity contribution in [2.75, 3.05) is 6.54 Å². The van der Waals surface area contributed by atoms with Crippen molar-refractivity contribution in [1.29, 1.82) is 0 Å². The second-order valence-electron chi connectivity index (χ2n) is 5.27. The van der Waals surface area contributed by atoms with E-state index in [0.717, 1.165) is 25.1 Å². The zero-order chi connectivity index (χ0) is 12.9. The largest absolute Gasteiger partial charge is 0.370 e. The molecule has 5 nitrogen and oxygen atoms in total. The van der Waals surface area contributed by atoms with Crippen LogP contribution in [0.1, 0.15) is 38.4 Å². The Hall–Kier alpha value is -1.52. The molecule has 0 bridgehead atoms. The maximum Gasteiger partial charge on any atom is 0.188 e. The number of hydrogen-bond acceptors (Lipinski definition) is 2. The van der Waals surface area contributed by atoms with Crippen LogP contribution in [0.4, 0.5) is 0 Å².